The maximum Gasteiger partial charge on any atom is 0.197 e. The van der Waals surface area contributed by atoms with Crippen LogP contribution in [0.5, 0.6) is 11.5 Å². The van der Waals surface area contributed by atoms with Crippen LogP contribution >= 0.6 is 0 Å². The molecular formula is C14H19FO3. The molecule has 0 heterocycles. The van der Waals surface area contributed by atoms with E-state index in [0.29, 0.717) is 24.2 Å². The third kappa shape index (κ3) is 2.17. The minimum atomic E-state index is -1.07. The van der Waals surface area contributed by atoms with Crippen LogP contribution in [-0.2, 0) is 5.60 Å². The van der Waals surface area contributed by atoms with Gasteiger partial charge < -0.3 is 14.6 Å². The molecular weight excluding hydrogens is 235 g/mol. The number of ether oxygens (including phenoxy) is 2. The SMILES string of the molecule is COc1ccc(C2(O)CCCCC2)c(F)c1OC. The topological polar surface area (TPSA) is 38.7 Å². The van der Waals surface area contributed by atoms with Crippen molar-refractivity contribution in [3.63, 3.8) is 0 Å². The molecule has 1 aliphatic carbocycles. The summed E-state index contributed by atoms with van der Waals surface area (Å²) in [6.45, 7) is 0. The molecule has 1 aliphatic rings. The minimum absolute atomic E-state index is 0.0639. The van der Waals surface area contributed by atoms with Crippen LogP contribution in [0.4, 0.5) is 4.39 Å². The Hall–Kier alpha value is -1.29. The second-order valence-electron chi connectivity index (χ2n) is 4.75. The van der Waals surface area contributed by atoms with Gasteiger partial charge >= 0.3 is 0 Å². The van der Waals surface area contributed by atoms with Gasteiger partial charge in [-0.05, 0) is 25.0 Å². The van der Waals surface area contributed by atoms with Crippen molar-refractivity contribution in [3.8, 4) is 11.5 Å². The standard InChI is InChI=1S/C14H19FO3/c1-17-11-7-6-10(12(15)13(11)18-2)14(16)8-4-3-5-9-14/h6-7,16H,3-5,8-9H2,1-2H3. The lowest BCUT2D eigenvalue weighted by Gasteiger charge is -2.33. The third-order valence-electron chi connectivity index (χ3n) is 3.67. The fourth-order valence-electron chi connectivity index (χ4n) is 2.65. The van der Waals surface area contributed by atoms with Crippen molar-refractivity contribution in [1.29, 1.82) is 0 Å². The fraction of sp³-hybridized carbons (Fsp3) is 0.571. The highest BCUT2D eigenvalue weighted by molar-refractivity contribution is 5.46. The molecule has 0 aromatic heterocycles. The molecule has 2 rings (SSSR count). The lowest BCUT2D eigenvalue weighted by atomic mass is 9.79. The van der Waals surface area contributed by atoms with E-state index in [-0.39, 0.29) is 5.75 Å². The van der Waals surface area contributed by atoms with Gasteiger partial charge in [0.25, 0.3) is 0 Å². The Bertz CT molecular complexity index is 425. The van der Waals surface area contributed by atoms with E-state index in [4.69, 9.17) is 9.47 Å². The Labute approximate surface area is 107 Å². The largest absolute Gasteiger partial charge is 0.493 e. The molecule has 3 nitrogen and oxygen atoms in total. The first kappa shape index (κ1) is 13.1. The second kappa shape index (κ2) is 5.14. The average Bonchev–Trinajstić information content (AvgIpc) is 2.38. The zero-order valence-electron chi connectivity index (χ0n) is 10.8. The first-order chi connectivity index (χ1) is 8.62. The summed E-state index contributed by atoms with van der Waals surface area (Å²) in [6, 6.07) is 3.24. The number of halogens is 1. The summed E-state index contributed by atoms with van der Waals surface area (Å²) >= 11 is 0. The highest BCUT2D eigenvalue weighted by Gasteiger charge is 2.35. The highest BCUT2D eigenvalue weighted by atomic mass is 19.1. The Morgan fingerprint density at radius 2 is 1.78 bits per heavy atom. The number of benzene rings is 1. The number of hydrogen-bond donors (Lipinski definition) is 1. The summed E-state index contributed by atoms with van der Waals surface area (Å²) < 4.78 is 24.5. The smallest absolute Gasteiger partial charge is 0.197 e. The molecule has 0 radical (unpaired) electrons. The Morgan fingerprint density at radius 3 is 2.33 bits per heavy atom. The van der Waals surface area contributed by atoms with Gasteiger partial charge in [-0.3, -0.25) is 0 Å². The molecule has 1 N–H and O–H groups in total. The van der Waals surface area contributed by atoms with E-state index in [1.807, 2.05) is 0 Å². The average molecular weight is 254 g/mol. The highest BCUT2D eigenvalue weighted by Crippen LogP contribution is 2.42. The molecule has 1 aromatic rings. The molecule has 0 saturated heterocycles. The Kier molecular flexibility index (Phi) is 3.76. The van der Waals surface area contributed by atoms with Gasteiger partial charge in [-0.2, -0.15) is 0 Å². The summed E-state index contributed by atoms with van der Waals surface area (Å²) in [4.78, 5) is 0. The predicted molar refractivity (Wildman–Crippen MR) is 66.5 cm³/mol. The van der Waals surface area contributed by atoms with E-state index in [1.54, 1.807) is 12.1 Å². The monoisotopic (exact) mass is 254 g/mol. The minimum Gasteiger partial charge on any atom is -0.493 e. The van der Waals surface area contributed by atoms with Crippen molar-refractivity contribution in [2.75, 3.05) is 14.2 Å². The second-order valence-corrected chi connectivity index (χ2v) is 4.75. The fourth-order valence-corrected chi connectivity index (χ4v) is 2.65. The number of hydrogen-bond acceptors (Lipinski definition) is 3. The molecule has 0 atom stereocenters. The van der Waals surface area contributed by atoms with Gasteiger partial charge in [0.1, 0.15) is 0 Å². The third-order valence-corrected chi connectivity index (χ3v) is 3.67. The summed E-state index contributed by atoms with van der Waals surface area (Å²) in [6.07, 6.45) is 4.13. The number of methoxy groups -OCH3 is 2. The van der Waals surface area contributed by atoms with Crippen LogP contribution in [0.2, 0.25) is 0 Å². The van der Waals surface area contributed by atoms with Crippen LogP contribution in [0.15, 0.2) is 12.1 Å². The van der Waals surface area contributed by atoms with E-state index >= 15 is 0 Å². The van der Waals surface area contributed by atoms with Gasteiger partial charge in [0, 0.05) is 5.56 Å². The maximum absolute atomic E-state index is 14.4. The van der Waals surface area contributed by atoms with Crippen LogP contribution in [0, 0.1) is 5.82 Å². The molecule has 1 aromatic carbocycles. The summed E-state index contributed by atoms with van der Waals surface area (Å²) in [5.74, 6) is -0.103. The predicted octanol–water partition coefficient (Wildman–Crippen LogP) is 2.99. The zero-order valence-corrected chi connectivity index (χ0v) is 10.8. The molecule has 100 valence electrons. The number of aliphatic hydroxyl groups is 1. The van der Waals surface area contributed by atoms with E-state index in [1.165, 1.54) is 14.2 Å². The van der Waals surface area contributed by atoms with Crippen LogP contribution in [0.3, 0.4) is 0 Å². The van der Waals surface area contributed by atoms with Crippen molar-refractivity contribution < 1.29 is 19.0 Å². The molecule has 0 amide bonds. The molecule has 0 aliphatic heterocycles. The molecule has 0 bridgehead atoms. The molecule has 4 heteroatoms. The molecule has 1 saturated carbocycles. The van der Waals surface area contributed by atoms with Crippen LogP contribution in [-0.4, -0.2) is 19.3 Å². The maximum atomic E-state index is 14.4. The van der Waals surface area contributed by atoms with Crippen molar-refractivity contribution in [2.45, 2.75) is 37.7 Å². The first-order valence-electron chi connectivity index (χ1n) is 6.26. The number of rotatable bonds is 3. The van der Waals surface area contributed by atoms with Crippen LogP contribution in [0.1, 0.15) is 37.7 Å². The van der Waals surface area contributed by atoms with Crippen molar-refractivity contribution in [3.05, 3.63) is 23.5 Å². The van der Waals surface area contributed by atoms with Gasteiger partial charge in [-0.1, -0.05) is 19.3 Å². The quantitative estimate of drug-likeness (QED) is 0.901. The summed E-state index contributed by atoms with van der Waals surface area (Å²) in [5, 5.41) is 10.6. The normalized spacial score (nSPS) is 18.4. The van der Waals surface area contributed by atoms with Crippen molar-refractivity contribution >= 4 is 0 Å². The van der Waals surface area contributed by atoms with Crippen molar-refractivity contribution in [1.82, 2.24) is 0 Å². The van der Waals surface area contributed by atoms with Gasteiger partial charge in [0.2, 0.25) is 0 Å². The van der Waals surface area contributed by atoms with E-state index < -0.39 is 11.4 Å². The first-order valence-corrected chi connectivity index (χ1v) is 6.26. The van der Waals surface area contributed by atoms with Gasteiger partial charge in [-0.25, -0.2) is 4.39 Å². The van der Waals surface area contributed by atoms with E-state index in [9.17, 15) is 9.50 Å². The lowest BCUT2D eigenvalue weighted by molar-refractivity contribution is -0.00415. The molecule has 0 spiro atoms. The van der Waals surface area contributed by atoms with Crippen LogP contribution < -0.4 is 9.47 Å². The Morgan fingerprint density at radius 1 is 1.11 bits per heavy atom. The molecule has 0 unspecified atom stereocenters. The van der Waals surface area contributed by atoms with Gasteiger partial charge in [0.05, 0.1) is 19.8 Å². The van der Waals surface area contributed by atoms with Crippen LogP contribution in [0.25, 0.3) is 0 Å². The molecule has 18 heavy (non-hydrogen) atoms. The Balaban J connectivity index is 2.45. The van der Waals surface area contributed by atoms with E-state index in [0.717, 1.165) is 19.3 Å². The van der Waals surface area contributed by atoms with Gasteiger partial charge in [0.15, 0.2) is 17.3 Å². The van der Waals surface area contributed by atoms with Gasteiger partial charge in [-0.15, -0.1) is 0 Å². The van der Waals surface area contributed by atoms with Crippen molar-refractivity contribution in [2.24, 2.45) is 0 Å². The summed E-state index contributed by atoms with van der Waals surface area (Å²) in [5.41, 5.74) is -0.748. The molecule has 1 fully saturated rings. The zero-order chi connectivity index (χ0) is 13.2. The lowest BCUT2D eigenvalue weighted by Crippen LogP contribution is -2.29. The van der Waals surface area contributed by atoms with E-state index in [2.05, 4.69) is 0 Å². The summed E-state index contributed by atoms with van der Waals surface area (Å²) in [7, 11) is 2.86.